The molecule has 2 N–H and O–H groups in total. The van der Waals surface area contributed by atoms with Gasteiger partial charge in [-0.1, -0.05) is 23.7 Å². The van der Waals surface area contributed by atoms with Crippen molar-refractivity contribution < 1.29 is 4.79 Å². The molecule has 0 aliphatic heterocycles. The smallest absolute Gasteiger partial charge is 0.223 e. The average molecular weight is 303 g/mol. The molecule has 0 heterocycles. The van der Waals surface area contributed by atoms with E-state index in [1.165, 1.54) is 0 Å². The van der Waals surface area contributed by atoms with Gasteiger partial charge in [-0.2, -0.15) is 0 Å². The topological polar surface area (TPSA) is 46.3 Å². The van der Waals surface area contributed by atoms with Crippen LogP contribution in [0.3, 0.4) is 0 Å². The zero-order valence-electron chi connectivity index (χ0n) is 10.8. The molecule has 0 unspecified atom stereocenters. The third-order valence-electron chi connectivity index (χ3n) is 3.17. The van der Waals surface area contributed by atoms with Crippen LogP contribution < -0.4 is 5.73 Å². The van der Waals surface area contributed by atoms with Crippen molar-refractivity contribution >= 4 is 29.9 Å². The van der Waals surface area contributed by atoms with E-state index in [-0.39, 0.29) is 18.3 Å². The van der Waals surface area contributed by atoms with Crippen molar-refractivity contribution in [1.82, 2.24) is 4.90 Å². The molecule has 1 fully saturated rings. The van der Waals surface area contributed by atoms with Gasteiger partial charge in [0.05, 0.1) is 0 Å². The highest BCUT2D eigenvalue weighted by Crippen LogP contribution is 2.29. The summed E-state index contributed by atoms with van der Waals surface area (Å²) in [5, 5.41) is 0.728. The Morgan fingerprint density at radius 3 is 2.47 bits per heavy atom. The molecule has 106 valence electrons. The van der Waals surface area contributed by atoms with Crippen LogP contribution >= 0.6 is 24.0 Å². The third-order valence-corrected chi connectivity index (χ3v) is 3.42. The lowest BCUT2D eigenvalue weighted by molar-refractivity contribution is -0.132. The zero-order valence-corrected chi connectivity index (χ0v) is 12.4. The van der Waals surface area contributed by atoms with Crippen molar-refractivity contribution in [2.45, 2.75) is 38.3 Å². The molecular weight excluding hydrogens is 283 g/mol. The Morgan fingerprint density at radius 2 is 1.95 bits per heavy atom. The van der Waals surface area contributed by atoms with E-state index in [1.807, 2.05) is 29.2 Å². The minimum atomic E-state index is 0. The number of benzene rings is 1. The van der Waals surface area contributed by atoms with E-state index in [2.05, 4.69) is 0 Å². The molecule has 0 spiro atoms. The monoisotopic (exact) mass is 302 g/mol. The van der Waals surface area contributed by atoms with Crippen LogP contribution in [0.5, 0.6) is 0 Å². The van der Waals surface area contributed by atoms with Gasteiger partial charge in [-0.25, -0.2) is 0 Å². The normalized spacial score (nSPS) is 13.8. The molecule has 1 saturated carbocycles. The van der Waals surface area contributed by atoms with Crippen LogP contribution in [-0.2, 0) is 11.3 Å². The number of rotatable bonds is 6. The van der Waals surface area contributed by atoms with Gasteiger partial charge in [0.25, 0.3) is 0 Å². The number of amides is 1. The fourth-order valence-electron chi connectivity index (χ4n) is 1.99. The summed E-state index contributed by atoms with van der Waals surface area (Å²) in [6.07, 6.45) is 3.58. The van der Waals surface area contributed by atoms with Crippen LogP contribution in [0.15, 0.2) is 24.3 Å². The summed E-state index contributed by atoms with van der Waals surface area (Å²) < 4.78 is 0. The number of hydrogen-bond acceptors (Lipinski definition) is 2. The quantitative estimate of drug-likeness (QED) is 0.878. The molecule has 3 nitrogen and oxygen atoms in total. The largest absolute Gasteiger partial charge is 0.335 e. The Balaban J connectivity index is 0.00000180. The number of hydrogen-bond donors (Lipinski definition) is 1. The summed E-state index contributed by atoms with van der Waals surface area (Å²) in [6, 6.07) is 8.13. The van der Waals surface area contributed by atoms with Crippen LogP contribution in [0.25, 0.3) is 0 Å². The van der Waals surface area contributed by atoms with E-state index < -0.39 is 0 Å². The zero-order chi connectivity index (χ0) is 13.0. The highest BCUT2D eigenvalue weighted by molar-refractivity contribution is 6.30. The number of carbonyl (C=O) groups excluding carboxylic acids is 1. The molecule has 5 heteroatoms. The molecule has 19 heavy (non-hydrogen) atoms. The van der Waals surface area contributed by atoms with Crippen molar-refractivity contribution in [3.05, 3.63) is 34.9 Å². The Morgan fingerprint density at radius 1 is 1.32 bits per heavy atom. The minimum Gasteiger partial charge on any atom is -0.335 e. The van der Waals surface area contributed by atoms with Crippen molar-refractivity contribution in [3.8, 4) is 0 Å². The second-order valence-corrected chi connectivity index (χ2v) is 5.21. The Bertz CT molecular complexity index is 404. The van der Waals surface area contributed by atoms with Crippen molar-refractivity contribution in [3.63, 3.8) is 0 Å². The maximum atomic E-state index is 12.1. The van der Waals surface area contributed by atoms with E-state index in [0.717, 1.165) is 29.8 Å². The first-order chi connectivity index (χ1) is 8.70. The molecule has 1 amide bonds. The molecule has 0 bridgehead atoms. The van der Waals surface area contributed by atoms with E-state index in [4.69, 9.17) is 17.3 Å². The molecule has 1 aliphatic rings. The summed E-state index contributed by atoms with van der Waals surface area (Å²) in [5.41, 5.74) is 6.58. The van der Waals surface area contributed by atoms with E-state index in [9.17, 15) is 4.79 Å². The molecule has 0 radical (unpaired) electrons. The van der Waals surface area contributed by atoms with E-state index >= 15 is 0 Å². The molecule has 0 aromatic heterocycles. The number of carbonyl (C=O) groups is 1. The second-order valence-electron chi connectivity index (χ2n) is 4.77. The number of nitrogens with two attached hydrogens (primary N) is 1. The molecule has 2 rings (SSSR count). The van der Waals surface area contributed by atoms with Crippen LogP contribution in [0.4, 0.5) is 0 Å². The maximum absolute atomic E-state index is 12.1. The van der Waals surface area contributed by atoms with Crippen molar-refractivity contribution in [1.29, 1.82) is 0 Å². The molecular formula is C14H20Cl2N2O. The molecule has 1 aromatic carbocycles. The van der Waals surface area contributed by atoms with Crippen LogP contribution in [0.2, 0.25) is 5.02 Å². The third kappa shape index (κ3) is 5.01. The van der Waals surface area contributed by atoms with Gasteiger partial charge in [-0.3, -0.25) is 4.79 Å². The summed E-state index contributed by atoms with van der Waals surface area (Å²) in [6.45, 7) is 1.26. The lowest BCUT2D eigenvalue weighted by Gasteiger charge is -2.22. The maximum Gasteiger partial charge on any atom is 0.223 e. The first-order valence-corrected chi connectivity index (χ1v) is 6.82. The van der Waals surface area contributed by atoms with Crippen molar-refractivity contribution in [2.75, 3.05) is 6.54 Å². The van der Waals surface area contributed by atoms with Crippen LogP contribution in [-0.4, -0.2) is 23.4 Å². The molecule has 0 saturated heterocycles. The summed E-state index contributed by atoms with van der Waals surface area (Å²) in [7, 11) is 0. The number of halogens is 2. The van der Waals surface area contributed by atoms with Crippen LogP contribution in [0, 0.1) is 0 Å². The van der Waals surface area contributed by atoms with Gasteiger partial charge in [-0.15, -0.1) is 12.4 Å². The minimum absolute atomic E-state index is 0. The highest BCUT2D eigenvalue weighted by Gasteiger charge is 2.31. The van der Waals surface area contributed by atoms with Gasteiger partial charge in [0.15, 0.2) is 0 Å². The van der Waals surface area contributed by atoms with Gasteiger partial charge in [0, 0.05) is 24.0 Å². The molecule has 0 atom stereocenters. The second kappa shape index (κ2) is 7.73. The van der Waals surface area contributed by atoms with Gasteiger partial charge >= 0.3 is 0 Å². The fourth-order valence-corrected chi connectivity index (χ4v) is 2.12. The number of nitrogens with zero attached hydrogens (tertiary/aromatic N) is 1. The first kappa shape index (κ1) is 16.3. The lowest BCUT2D eigenvalue weighted by atomic mass is 10.2. The average Bonchev–Trinajstić information content (AvgIpc) is 3.19. The van der Waals surface area contributed by atoms with Gasteiger partial charge in [0.1, 0.15) is 0 Å². The van der Waals surface area contributed by atoms with Crippen LogP contribution in [0.1, 0.15) is 31.2 Å². The highest BCUT2D eigenvalue weighted by atomic mass is 35.5. The van der Waals surface area contributed by atoms with Gasteiger partial charge in [0.2, 0.25) is 5.91 Å². The van der Waals surface area contributed by atoms with Crippen molar-refractivity contribution in [2.24, 2.45) is 5.73 Å². The summed E-state index contributed by atoms with van der Waals surface area (Å²) in [4.78, 5) is 14.1. The molecule has 1 aliphatic carbocycles. The van der Waals surface area contributed by atoms with Gasteiger partial charge in [-0.05, 0) is 43.5 Å². The summed E-state index contributed by atoms with van der Waals surface area (Å²) >= 11 is 5.86. The lowest BCUT2D eigenvalue weighted by Crippen LogP contribution is -2.32. The Labute approximate surface area is 125 Å². The van der Waals surface area contributed by atoms with Gasteiger partial charge < -0.3 is 10.6 Å². The fraction of sp³-hybridized carbons (Fsp3) is 0.500. The predicted octanol–water partition coefficient (Wildman–Crippen LogP) is 2.99. The first-order valence-electron chi connectivity index (χ1n) is 6.44. The summed E-state index contributed by atoms with van der Waals surface area (Å²) in [5.74, 6) is 0.220. The predicted molar refractivity (Wildman–Crippen MR) is 80.6 cm³/mol. The standard InChI is InChI=1S/C14H19ClN2O.ClH/c15-12-5-3-11(4-6-12)10-17(13-7-8-13)14(18)2-1-9-16;/h3-6,13H,1-2,7-10,16H2;1H. The van der Waals surface area contributed by atoms with E-state index in [1.54, 1.807) is 0 Å². The SMILES string of the molecule is Cl.NCCCC(=O)N(Cc1ccc(Cl)cc1)C1CC1. The Kier molecular flexibility index (Phi) is 6.63. The van der Waals surface area contributed by atoms with E-state index in [0.29, 0.717) is 25.6 Å². The molecule has 1 aromatic rings. The Hall–Kier alpha value is -0.770.